The van der Waals surface area contributed by atoms with Crippen molar-refractivity contribution in [3.63, 3.8) is 0 Å². The maximum atomic E-state index is 11.3. The van der Waals surface area contributed by atoms with Gasteiger partial charge in [-0.1, -0.05) is 13.8 Å². The van der Waals surface area contributed by atoms with Crippen molar-refractivity contribution < 1.29 is 5.11 Å². The number of hydrogen-bond acceptors (Lipinski definition) is 6. The Morgan fingerprint density at radius 1 is 1.25 bits per heavy atom. The highest BCUT2D eigenvalue weighted by atomic mass is 32.1. The maximum Gasteiger partial charge on any atom is 0.158 e. The third kappa shape index (κ3) is 3.12. The molecule has 2 aliphatic heterocycles. The number of H-pyrrole nitrogens is 1. The minimum absolute atomic E-state index is 0.354. The Morgan fingerprint density at radius 2 is 2.12 bits per heavy atom. The smallest absolute Gasteiger partial charge is 0.158 e. The SMILES string of the molecule is Cc1cc(-c2[nH]c3cc(C(O)N4CCCC5CNCC54)sc3c2C(C)C)cn2ncnc12. The van der Waals surface area contributed by atoms with Gasteiger partial charge in [0.2, 0.25) is 0 Å². The van der Waals surface area contributed by atoms with Crippen LogP contribution in [-0.4, -0.2) is 55.3 Å². The summed E-state index contributed by atoms with van der Waals surface area (Å²) in [6.45, 7) is 9.58. The number of aromatic amines is 1. The van der Waals surface area contributed by atoms with E-state index in [1.54, 1.807) is 17.7 Å². The first kappa shape index (κ1) is 20.4. The van der Waals surface area contributed by atoms with Crippen molar-refractivity contribution in [1.82, 2.24) is 29.8 Å². The van der Waals surface area contributed by atoms with Crippen LogP contribution < -0.4 is 5.32 Å². The summed E-state index contributed by atoms with van der Waals surface area (Å²) in [5.74, 6) is 1.02. The number of nitrogens with zero attached hydrogens (tertiary/aromatic N) is 4. The standard InChI is InChI=1S/C24H30N6OS/c1-13(2)20-21(16-7-14(3)23-26-12-27-30(23)11-16)28-17-8-19(32-22(17)20)24(31)29-6-4-5-15-9-25-10-18(15)29/h7-8,11-13,15,18,24-25,28,31H,4-6,9-10H2,1-3H3. The Labute approximate surface area is 191 Å². The van der Waals surface area contributed by atoms with Crippen LogP contribution in [0.1, 0.15) is 54.8 Å². The lowest BCUT2D eigenvalue weighted by Gasteiger charge is -2.39. The van der Waals surface area contributed by atoms with Crippen LogP contribution in [0.5, 0.6) is 0 Å². The number of rotatable bonds is 4. The molecule has 168 valence electrons. The van der Waals surface area contributed by atoms with E-state index in [2.05, 4.69) is 58.2 Å². The molecular formula is C24H30N6OS. The second kappa shape index (κ2) is 7.66. The van der Waals surface area contributed by atoms with E-state index in [9.17, 15) is 5.11 Å². The number of fused-ring (bicyclic) bond motifs is 3. The topological polar surface area (TPSA) is 81.5 Å². The second-order valence-corrected chi connectivity index (χ2v) is 10.7. The van der Waals surface area contributed by atoms with Crippen molar-refractivity contribution >= 4 is 27.2 Å². The van der Waals surface area contributed by atoms with Gasteiger partial charge in [0, 0.05) is 30.9 Å². The van der Waals surface area contributed by atoms with Crippen LogP contribution in [0.25, 0.3) is 27.1 Å². The number of aryl methyl sites for hydroxylation is 1. The third-order valence-corrected chi connectivity index (χ3v) is 8.45. The predicted octanol–water partition coefficient (Wildman–Crippen LogP) is 4.05. The molecule has 2 aliphatic rings. The van der Waals surface area contributed by atoms with Crippen LogP contribution in [0, 0.1) is 12.8 Å². The molecular weight excluding hydrogens is 420 g/mol. The van der Waals surface area contributed by atoms with E-state index in [-0.39, 0.29) is 0 Å². The molecule has 32 heavy (non-hydrogen) atoms. The summed E-state index contributed by atoms with van der Waals surface area (Å²) >= 11 is 1.74. The highest BCUT2D eigenvalue weighted by Gasteiger charge is 2.38. The molecule has 4 aromatic heterocycles. The van der Waals surface area contributed by atoms with Gasteiger partial charge in [-0.3, -0.25) is 4.90 Å². The fourth-order valence-electron chi connectivity index (χ4n) is 5.73. The predicted molar refractivity (Wildman–Crippen MR) is 128 cm³/mol. The fraction of sp³-hybridized carbons (Fsp3) is 0.500. The molecule has 8 heteroatoms. The Morgan fingerprint density at radius 3 is 2.97 bits per heavy atom. The molecule has 0 radical (unpaired) electrons. The molecule has 3 atom stereocenters. The molecule has 0 aliphatic carbocycles. The number of aliphatic hydroxyl groups is 1. The van der Waals surface area contributed by atoms with Gasteiger partial charge in [0.05, 0.1) is 20.8 Å². The van der Waals surface area contributed by atoms with E-state index in [0.717, 1.165) is 58.9 Å². The molecule has 2 fully saturated rings. The lowest BCUT2D eigenvalue weighted by Crippen LogP contribution is -2.46. The molecule has 3 unspecified atom stereocenters. The number of nitrogens with one attached hydrogen (secondary N) is 2. The Balaban J connectivity index is 1.40. The fourth-order valence-corrected chi connectivity index (χ4v) is 7.05. The van der Waals surface area contributed by atoms with E-state index in [4.69, 9.17) is 0 Å². The van der Waals surface area contributed by atoms with Crippen LogP contribution in [0.2, 0.25) is 0 Å². The van der Waals surface area contributed by atoms with Crippen LogP contribution in [-0.2, 0) is 0 Å². The van der Waals surface area contributed by atoms with Gasteiger partial charge in [0.15, 0.2) is 5.65 Å². The highest BCUT2D eigenvalue weighted by Crippen LogP contribution is 2.43. The molecule has 6 heterocycles. The third-order valence-electron chi connectivity index (χ3n) is 7.24. The zero-order chi connectivity index (χ0) is 22.0. The monoisotopic (exact) mass is 450 g/mol. The van der Waals surface area contributed by atoms with E-state index < -0.39 is 6.23 Å². The number of aromatic nitrogens is 4. The molecule has 2 saturated heterocycles. The molecule has 0 saturated carbocycles. The quantitative estimate of drug-likeness (QED) is 0.437. The van der Waals surface area contributed by atoms with Crippen molar-refractivity contribution in [3.8, 4) is 11.3 Å². The average molecular weight is 451 g/mol. The summed E-state index contributed by atoms with van der Waals surface area (Å²) in [5.41, 5.74) is 6.67. The minimum Gasteiger partial charge on any atom is -0.373 e. The number of piperidine rings is 1. The average Bonchev–Trinajstić information content (AvgIpc) is 3.54. The first-order valence-corrected chi connectivity index (χ1v) is 12.4. The normalized spacial score (nSPS) is 22.9. The summed E-state index contributed by atoms with van der Waals surface area (Å²) in [7, 11) is 0. The molecule has 3 N–H and O–H groups in total. The molecule has 0 amide bonds. The summed E-state index contributed by atoms with van der Waals surface area (Å²) in [4.78, 5) is 11.4. The van der Waals surface area contributed by atoms with Gasteiger partial charge in [-0.25, -0.2) is 9.50 Å². The largest absolute Gasteiger partial charge is 0.373 e. The van der Waals surface area contributed by atoms with Crippen molar-refractivity contribution in [2.24, 2.45) is 5.92 Å². The zero-order valence-corrected chi connectivity index (χ0v) is 19.6. The van der Waals surface area contributed by atoms with Gasteiger partial charge >= 0.3 is 0 Å². The Bertz CT molecular complexity index is 1290. The van der Waals surface area contributed by atoms with Gasteiger partial charge in [-0.2, -0.15) is 5.10 Å². The van der Waals surface area contributed by atoms with E-state index >= 15 is 0 Å². The molecule has 0 spiro atoms. The van der Waals surface area contributed by atoms with Crippen molar-refractivity contribution in [2.45, 2.75) is 51.8 Å². The van der Waals surface area contributed by atoms with E-state index in [1.807, 2.05) is 10.7 Å². The van der Waals surface area contributed by atoms with Crippen molar-refractivity contribution in [3.05, 3.63) is 40.7 Å². The van der Waals surface area contributed by atoms with Gasteiger partial charge in [0.1, 0.15) is 12.6 Å². The van der Waals surface area contributed by atoms with E-state index in [0.29, 0.717) is 17.9 Å². The van der Waals surface area contributed by atoms with Crippen LogP contribution in [0.4, 0.5) is 0 Å². The second-order valence-electron chi connectivity index (χ2n) is 9.64. The highest BCUT2D eigenvalue weighted by molar-refractivity contribution is 7.19. The first-order valence-electron chi connectivity index (χ1n) is 11.6. The van der Waals surface area contributed by atoms with Crippen molar-refractivity contribution in [1.29, 1.82) is 0 Å². The Hall–Kier alpha value is -2.26. The molecule has 4 aromatic rings. The minimum atomic E-state index is -0.536. The summed E-state index contributed by atoms with van der Waals surface area (Å²) in [5, 5.41) is 19.2. The molecule has 0 bridgehead atoms. The summed E-state index contributed by atoms with van der Waals surface area (Å²) in [6.07, 6.45) is 5.54. The van der Waals surface area contributed by atoms with Gasteiger partial charge < -0.3 is 15.4 Å². The lowest BCUT2D eigenvalue weighted by molar-refractivity contribution is -0.0475. The van der Waals surface area contributed by atoms with Crippen molar-refractivity contribution in [2.75, 3.05) is 19.6 Å². The lowest BCUT2D eigenvalue weighted by atomic mass is 9.92. The zero-order valence-electron chi connectivity index (χ0n) is 18.8. The molecule has 0 aromatic carbocycles. The van der Waals surface area contributed by atoms with Crippen LogP contribution in [0.15, 0.2) is 24.7 Å². The number of likely N-dealkylation sites (tertiary alicyclic amines) is 1. The molecule has 7 nitrogen and oxygen atoms in total. The number of thiophene rings is 1. The number of hydrogen-bond donors (Lipinski definition) is 3. The maximum absolute atomic E-state index is 11.3. The van der Waals surface area contributed by atoms with Crippen LogP contribution >= 0.6 is 11.3 Å². The summed E-state index contributed by atoms with van der Waals surface area (Å²) in [6, 6.07) is 4.78. The summed E-state index contributed by atoms with van der Waals surface area (Å²) < 4.78 is 3.10. The van der Waals surface area contributed by atoms with E-state index in [1.165, 1.54) is 16.7 Å². The number of aliphatic hydroxyl groups excluding tert-OH is 1. The molecule has 6 rings (SSSR count). The van der Waals surface area contributed by atoms with Gasteiger partial charge in [-0.05, 0) is 61.4 Å². The van der Waals surface area contributed by atoms with Gasteiger partial charge in [0.25, 0.3) is 0 Å². The Kier molecular flexibility index (Phi) is 4.87. The number of pyridine rings is 1. The van der Waals surface area contributed by atoms with Gasteiger partial charge in [-0.15, -0.1) is 11.3 Å². The first-order chi connectivity index (χ1) is 15.5. The van der Waals surface area contributed by atoms with Crippen LogP contribution in [0.3, 0.4) is 0 Å².